The number of carbonyl (C=O) groups is 1. The van der Waals surface area contributed by atoms with E-state index in [1.807, 2.05) is 42.5 Å². The lowest BCUT2D eigenvalue weighted by Gasteiger charge is -2.03. The summed E-state index contributed by atoms with van der Waals surface area (Å²) in [5, 5.41) is 8.50. The fourth-order valence-electron chi connectivity index (χ4n) is 1.25. The van der Waals surface area contributed by atoms with Crippen LogP contribution in [0.15, 0.2) is 36.4 Å². The van der Waals surface area contributed by atoms with Crippen LogP contribution in [-0.4, -0.2) is 17.1 Å². The van der Waals surface area contributed by atoms with Gasteiger partial charge in [-0.15, -0.1) is 12.4 Å². The first-order valence-electron chi connectivity index (χ1n) is 4.87. The molecule has 0 aliphatic rings. The maximum Gasteiger partial charge on any atom is 0.304 e. The number of hydrogen-bond donors (Lipinski definition) is 2. The van der Waals surface area contributed by atoms with Gasteiger partial charge >= 0.3 is 5.97 Å². The summed E-state index contributed by atoms with van der Waals surface area (Å²) in [4.78, 5) is 10.3. The molecule has 0 aromatic heterocycles. The highest BCUT2D eigenvalue weighted by molar-refractivity contribution is 5.85. The third-order valence-corrected chi connectivity index (χ3v) is 1.99. The predicted octanol–water partition coefficient (Wildman–Crippen LogP) is 2.31. The number of hydrogen-bond acceptors (Lipinski definition) is 2. The molecule has 0 saturated heterocycles. The van der Waals surface area contributed by atoms with Crippen molar-refractivity contribution in [3.8, 4) is 0 Å². The molecule has 0 amide bonds. The van der Waals surface area contributed by atoms with E-state index in [-0.39, 0.29) is 24.9 Å². The van der Waals surface area contributed by atoms with Crippen LogP contribution in [-0.2, 0) is 4.79 Å². The number of rotatable bonds is 5. The molecule has 0 spiro atoms. The topological polar surface area (TPSA) is 63.3 Å². The van der Waals surface area contributed by atoms with Gasteiger partial charge in [0.25, 0.3) is 0 Å². The van der Waals surface area contributed by atoms with Crippen molar-refractivity contribution in [2.45, 2.75) is 18.9 Å². The molecular weight excluding hydrogens is 226 g/mol. The standard InChI is InChI=1S/C12H15NO2.ClH/c13-11(9-12(14)15)8-4-7-10-5-2-1-3-6-10;/h1-7,11H,8-9,13H2,(H,14,15);1H. The Kier molecular flexibility index (Phi) is 7.25. The molecule has 16 heavy (non-hydrogen) atoms. The van der Waals surface area contributed by atoms with Gasteiger partial charge in [0, 0.05) is 6.04 Å². The van der Waals surface area contributed by atoms with Crippen molar-refractivity contribution in [2.24, 2.45) is 5.73 Å². The van der Waals surface area contributed by atoms with Gasteiger partial charge in [0.1, 0.15) is 0 Å². The van der Waals surface area contributed by atoms with E-state index in [0.29, 0.717) is 6.42 Å². The fourth-order valence-corrected chi connectivity index (χ4v) is 1.25. The van der Waals surface area contributed by atoms with Gasteiger partial charge in [0.2, 0.25) is 0 Å². The molecule has 3 nitrogen and oxygen atoms in total. The molecule has 1 atom stereocenters. The first kappa shape index (κ1) is 14.7. The average molecular weight is 242 g/mol. The summed E-state index contributed by atoms with van der Waals surface area (Å²) in [5.74, 6) is -0.851. The summed E-state index contributed by atoms with van der Waals surface area (Å²) in [6, 6.07) is 9.53. The third kappa shape index (κ3) is 6.22. The smallest absolute Gasteiger partial charge is 0.304 e. The summed E-state index contributed by atoms with van der Waals surface area (Å²) in [5.41, 5.74) is 6.70. The SMILES string of the molecule is Cl.NC(CC=Cc1ccccc1)CC(=O)O. The Morgan fingerprint density at radius 2 is 2.00 bits per heavy atom. The van der Waals surface area contributed by atoms with E-state index in [0.717, 1.165) is 5.56 Å². The summed E-state index contributed by atoms with van der Waals surface area (Å²) in [6.07, 6.45) is 4.45. The van der Waals surface area contributed by atoms with E-state index in [9.17, 15) is 4.79 Å². The Bertz CT molecular complexity index is 338. The van der Waals surface area contributed by atoms with Crippen molar-refractivity contribution < 1.29 is 9.90 Å². The zero-order valence-electron chi connectivity index (χ0n) is 8.87. The van der Waals surface area contributed by atoms with Crippen LogP contribution in [0.2, 0.25) is 0 Å². The van der Waals surface area contributed by atoms with E-state index < -0.39 is 5.97 Å². The van der Waals surface area contributed by atoms with E-state index >= 15 is 0 Å². The molecule has 0 saturated carbocycles. The minimum absolute atomic E-state index is 0. The zero-order valence-corrected chi connectivity index (χ0v) is 9.69. The highest BCUT2D eigenvalue weighted by Gasteiger charge is 2.04. The largest absolute Gasteiger partial charge is 0.481 e. The Labute approximate surface area is 101 Å². The Morgan fingerprint density at radius 1 is 1.38 bits per heavy atom. The number of halogens is 1. The number of carboxylic acids is 1. The van der Waals surface area contributed by atoms with Gasteiger partial charge < -0.3 is 10.8 Å². The molecule has 0 heterocycles. The van der Waals surface area contributed by atoms with Crippen molar-refractivity contribution in [3.05, 3.63) is 42.0 Å². The molecule has 0 aliphatic heterocycles. The van der Waals surface area contributed by atoms with Gasteiger partial charge in [0.05, 0.1) is 6.42 Å². The van der Waals surface area contributed by atoms with E-state index in [1.165, 1.54) is 0 Å². The van der Waals surface area contributed by atoms with E-state index in [2.05, 4.69) is 0 Å². The first-order chi connectivity index (χ1) is 7.18. The van der Waals surface area contributed by atoms with Crippen LogP contribution < -0.4 is 5.73 Å². The normalized spacial score (nSPS) is 12.1. The van der Waals surface area contributed by atoms with Gasteiger partial charge in [-0.05, 0) is 12.0 Å². The first-order valence-corrected chi connectivity index (χ1v) is 4.87. The third-order valence-electron chi connectivity index (χ3n) is 1.99. The molecule has 0 radical (unpaired) electrons. The minimum atomic E-state index is -0.851. The molecule has 88 valence electrons. The fraction of sp³-hybridized carbons (Fsp3) is 0.250. The monoisotopic (exact) mass is 241 g/mol. The van der Waals surface area contributed by atoms with Crippen LogP contribution in [0.25, 0.3) is 6.08 Å². The van der Waals surface area contributed by atoms with Crippen LogP contribution >= 0.6 is 12.4 Å². The number of benzene rings is 1. The van der Waals surface area contributed by atoms with Crippen LogP contribution in [0.5, 0.6) is 0 Å². The van der Waals surface area contributed by atoms with Gasteiger partial charge in [-0.1, -0.05) is 42.5 Å². The summed E-state index contributed by atoms with van der Waals surface area (Å²) in [7, 11) is 0. The lowest BCUT2D eigenvalue weighted by molar-refractivity contribution is -0.137. The second-order valence-corrected chi connectivity index (χ2v) is 3.41. The highest BCUT2D eigenvalue weighted by atomic mass is 35.5. The molecular formula is C12H16ClNO2. The van der Waals surface area contributed by atoms with Crippen LogP contribution in [0, 0.1) is 0 Å². The molecule has 3 N–H and O–H groups in total. The zero-order chi connectivity index (χ0) is 11.1. The molecule has 1 aromatic rings. The van der Waals surface area contributed by atoms with Crippen molar-refractivity contribution in [3.63, 3.8) is 0 Å². The van der Waals surface area contributed by atoms with Crippen molar-refractivity contribution in [2.75, 3.05) is 0 Å². The molecule has 1 unspecified atom stereocenters. The second kappa shape index (κ2) is 7.91. The van der Waals surface area contributed by atoms with Gasteiger partial charge in [-0.25, -0.2) is 0 Å². The molecule has 1 aromatic carbocycles. The van der Waals surface area contributed by atoms with E-state index in [1.54, 1.807) is 0 Å². The molecule has 0 bridgehead atoms. The van der Waals surface area contributed by atoms with Crippen molar-refractivity contribution in [1.29, 1.82) is 0 Å². The van der Waals surface area contributed by atoms with Gasteiger partial charge in [-0.2, -0.15) is 0 Å². The van der Waals surface area contributed by atoms with Crippen molar-refractivity contribution in [1.82, 2.24) is 0 Å². The molecule has 1 rings (SSSR count). The number of aliphatic carboxylic acids is 1. The van der Waals surface area contributed by atoms with E-state index in [4.69, 9.17) is 10.8 Å². The summed E-state index contributed by atoms with van der Waals surface area (Å²) < 4.78 is 0. The van der Waals surface area contributed by atoms with Crippen LogP contribution in [0.3, 0.4) is 0 Å². The van der Waals surface area contributed by atoms with Gasteiger partial charge in [-0.3, -0.25) is 4.79 Å². The molecule has 0 aliphatic carbocycles. The Balaban J connectivity index is 0.00000225. The summed E-state index contributed by atoms with van der Waals surface area (Å²) >= 11 is 0. The van der Waals surface area contributed by atoms with Crippen molar-refractivity contribution >= 4 is 24.5 Å². The molecule has 4 heteroatoms. The maximum absolute atomic E-state index is 10.3. The molecule has 0 fully saturated rings. The second-order valence-electron chi connectivity index (χ2n) is 3.41. The summed E-state index contributed by atoms with van der Waals surface area (Å²) in [6.45, 7) is 0. The number of carboxylic acid groups (broad SMARTS) is 1. The maximum atomic E-state index is 10.3. The quantitative estimate of drug-likeness (QED) is 0.832. The van der Waals surface area contributed by atoms with Crippen LogP contribution in [0.1, 0.15) is 18.4 Å². The Hall–Kier alpha value is -1.32. The average Bonchev–Trinajstić information content (AvgIpc) is 2.18. The lowest BCUT2D eigenvalue weighted by atomic mass is 10.1. The number of nitrogens with two attached hydrogens (primary N) is 1. The van der Waals surface area contributed by atoms with Gasteiger partial charge in [0.15, 0.2) is 0 Å². The predicted molar refractivity (Wildman–Crippen MR) is 67.6 cm³/mol. The lowest BCUT2D eigenvalue weighted by Crippen LogP contribution is -2.22. The highest BCUT2D eigenvalue weighted by Crippen LogP contribution is 2.03. The van der Waals surface area contributed by atoms with Crippen LogP contribution in [0.4, 0.5) is 0 Å². The minimum Gasteiger partial charge on any atom is -0.481 e. The Morgan fingerprint density at radius 3 is 2.56 bits per heavy atom.